The van der Waals surface area contributed by atoms with Crippen LogP contribution in [0.2, 0.25) is 0 Å². The Morgan fingerprint density at radius 1 is 1.31 bits per heavy atom. The summed E-state index contributed by atoms with van der Waals surface area (Å²) in [6, 6.07) is 4.08. The van der Waals surface area contributed by atoms with Gasteiger partial charge in [-0.1, -0.05) is 0 Å². The lowest BCUT2D eigenvalue weighted by atomic mass is 10.1. The van der Waals surface area contributed by atoms with Crippen molar-refractivity contribution in [3.63, 3.8) is 0 Å². The first-order valence-corrected chi connectivity index (χ1v) is 9.11. The zero-order chi connectivity index (χ0) is 18.3. The highest BCUT2D eigenvalue weighted by Gasteiger charge is 2.32. The fourth-order valence-electron chi connectivity index (χ4n) is 3.45. The van der Waals surface area contributed by atoms with Crippen molar-refractivity contribution in [1.82, 2.24) is 19.7 Å². The Hall–Kier alpha value is -2.28. The summed E-state index contributed by atoms with van der Waals surface area (Å²) in [5, 5.41) is 8.55. The third kappa shape index (κ3) is 3.23. The molecule has 1 atom stereocenters. The summed E-state index contributed by atoms with van der Waals surface area (Å²) in [4.78, 5) is 14.7. The van der Waals surface area contributed by atoms with Gasteiger partial charge in [-0.25, -0.2) is 4.39 Å². The van der Waals surface area contributed by atoms with Crippen molar-refractivity contribution in [2.45, 2.75) is 45.9 Å². The maximum absolute atomic E-state index is 13.3. The van der Waals surface area contributed by atoms with E-state index < -0.39 is 0 Å². The summed E-state index contributed by atoms with van der Waals surface area (Å²) >= 11 is 0. The molecule has 26 heavy (non-hydrogen) atoms. The number of carbonyl (C=O) groups excluding carboxylic acids is 1. The summed E-state index contributed by atoms with van der Waals surface area (Å²) < 4.78 is 21.1. The Morgan fingerprint density at radius 2 is 2.12 bits per heavy atom. The van der Waals surface area contributed by atoms with Gasteiger partial charge in [0, 0.05) is 25.3 Å². The predicted molar refractivity (Wildman–Crippen MR) is 93.0 cm³/mol. The van der Waals surface area contributed by atoms with E-state index in [4.69, 9.17) is 4.74 Å². The van der Waals surface area contributed by atoms with Gasteiger partial charge in [-0.3, -0.25) is 4.79 Å². The Bertz CT molecular complexity index is 831. The van der Waals surface area contributed by atoms with E-state index in [9.17, 15) is 9.18 Å². The quantitative estimate of drug-likeness (QED) is 0.825. The lowest BCUT2D eigenvalue weighted by Crippen LogP contribution is -2.41. The molecule has 1 saturated carbocycles. The third-order valence-corrected chi connectivity index (χ3v) is 5.22. The van der Waals surface area contributed by atoms with E-state index in [2.05, 4.69) is 14.8 Å². The van der Waals surface area contributed by atoms with Crippen molar-refractivity contribution in [3.8, 4) is 0 Å². The van der Waals surface area contributed by atoms with Gasteiger partial charge in [0.2, 0.25) is 0 Å². The van der Waals surface area contributed by atoms with E-state index in [0.29, 0.717) is 36.7 Å². The number of halogens is 1. The molecular formula is C19H23FN4O2. The molecule has 2 heterocycles. The number of aryl methyl sites for hydroxylation is 1. The number of fused-ring (bicyclic) bond motifs is 1. The number of amides is 1. The Labute approximate surface area is 152 Å². The molecule has 0 radical (unpaired) electrons. The van der Waals surface area contributed by atoms with Crippen molar-refractivity contribution in [3.05, 3.63) is 46.8 Å². The van der Waals surface area contributed by atoms with Crippen LogP contribution in [0.5, 0.6) is 0 Å². The zero-order valence-corrected chi connectivity index (χ0v) is 15.1. The molecule has 1 unspecified atom stereocenters. The molecule has 1 fully saturated rings. The van der Waals surface area contributed by atoms with E-state index in [-0.39, 0.29) is 17.8 Å². The lowest BCUT2D eigenvalue weighted by molar-refractivity contribution is 0.0625. The molecule has 0 N–H and O–H groups in total. The number of benzene rings is 1. The number of hydrogen-bond donors (Lipinski definition) is 0. The van der Waals surface area contributed by atoms with Crippen molar-refractivity contribution in [2.75, 3.05) is 13.2 Å². The van der Waals surface area contributed by atoms with Crippen molar-refractivity contribution >= 4 is 5.91 Å². The van der Waals surface area contributed by atoms with Crippen LogP contribution in [0.3, 0.4) is 0 Å². The zero-order valence-electron chi connectivity index (χ0n) is 15.1. The molecule has 4 rings (SSSR count). The van der Waals surface area contributed by atoms with Crippen molar-refractivity contribution in [1.29, 1.82) is 0 Å². The highest BCUT2D eigenvalue weighted by molar-refractivity contribution is 5.95. The highest BCUT2D eigenvalue weighted by atomic mass is 19.1. The summed E-state index contributed by atoms with van der Waals surface area (Å²) in [7, 11) is 0. The largest absolute Gasteiger partial charge is 0.373 e. The molecule has 0 bridgehead atoms. The fourth-order valence-corrected chi connectivity index (χ4v) is 3.45. The van der Waals surface area contributed by atoms with Crippen LogP contribution in [0.1, 0.15) is 53.4 Å². The molecule has 1 aliphatic carbocycles. The normalized spacial score (nSPS) is 19.5. The fraction of sp³-hybridized carbons (Fsp3) is 0.526. The molecular weight excluding hydrogens is 335 g/mol. The number of aromatic nitrogens is 3. The van der Waals surface area contributed by atoms with Crippen molar-refractivity contribution in [2.24, 2.45) is 5.92 Å². The summed E-state index contributed by atoms with van der Waals surface area (Å²) in [5.41, 5.74) is 1.17. The van der Waals surface area contributed by atoms with Gasteiger partial charge in [0.05, 0.1) is 6.04 Å². The first kappa shape index (κ1) is 17.1. The lowest BCUT2D eigenvalue weighted by Gasteiger charge is -2.34. The molecule has 2 aromatic rings. The van der Waals surface area contributed by atoms with Crippen LogP contribution in [0.15, 0.2) is 18.2 Å². The topological polar surface area (TPSA) is 60.2 Å². The van der Waals surface area contributed by atoms with Crippen LogP contribution in [0.4, 0.5) is 4.39 Å². The number of ether oxygens (including phenoxy) is 1. The Kier molecular flexibility index (Phi) is 4.48. The van der Waals surface area contributed by atoms with Crippen LogP contribution in [0, 0.1) is 18.7 Å². The van der Waals surface area contributed by atoms with E-state index in [1.54, 1.807) is 17.9 Å². The van der Waals surface area contributed by atoms with Crippen molar-refractivity contribution < 1.29 is 13.9 Å². The van der Waals surface area contributed by atoms with Gasteiger partial charge >= 0.3 is 0 Å². The maximum atomic E-state index is 13.3. The van der Waals surface area contributed by atoms with Crippen LogP contribution >= 0.6 is 0 Å². The molecule has 2 aliphatic rings. The first-order valence-electron chi connectivity index (χ1n) is 9.11. The average Bonchev–Trinajstić information content (AvgIpc) is 3.34. The highest BCUT2D eigenvalue weighted by Crippen LogP contribution is 2.30. The Balaban J connectivity index is 1.49. The third-order valence-electron chi connectivity index (χ3n) is 5.22. The minimum absolute atomic E-state index is 0.101. The predicted octanol–water partition coefficient (Wildman–Crippen LogP) is 2.87. The van der Waals surface area contributed by atoms with Gasteiger partial charge in [-0.2, -0.15) is 0 Å². The summed E-state index contributed by atoms with van der Waals surface area (Å²) in [6.07, 6.45) is 2.52. The van der Waals surface area contributed by atoms with E-state index in [1.807, 2.05) is 6.92 Å². The SMILES string of the molecule is Cc1cc(F)ccc1C(=O)N1CCn2c(COCC3CC3)nnc2C1C. The second kappa shape index (κ2) is 6.79. The molecule has 1 aromatic heterocycles. The monoisotopic (exact) mass is 358 g/mol. The van der Waals surface area contributed by atoms with Gasteiger partial charge < -0.3 is 14.2 Å². The maximum Gasteiger partial charge on any atom is 0.254 e. The second-order valence-electron chi connectivity index (χ2n) is 7.22. The number of nitrogens with zero attached hydrogens (tertiary/aromatic N) is 4. The minimum atomic E-state index is -0.332. The van der Waals surface area contributed by atoms with Crippen LogP contribution in [-0.2, 0) is 17.9 Å². The molecule has 138 valence electrons. The summed E-state index contributed by atoms with van der Waals surface area (Å²) in [6.45, 7) is 6.15. The van der Waals surface area contributed by atoms with Gasteiger partial charge in [0.15, 0.2) is 11.6 Å². The van der Waals surface area contributed by atoms with E-state index in [0.717, 1.165) is 18.3 Å². The minimum Gasteiger partial charge on any atom is -0.373 e. The van der Waals surface area contributed by atoms with E-state index >= 15 is 0 Å². The Morgan fingerprint density at radius 3 is 2.85 bits per heavy atom. The number of rotatable bonds is 5. The molecule has 7 heteroatoms. The van der Waals surface area contributed by atoms with Gasteiger partial charge in [0.1, 0.15) is 12.4 Å². The standard InChI is InChI=1S/C19H23FN4O2/c1-12-9-15(20)5-6-16(12)19(25)23-7-8-24-17(11-26-10-14-3-4-14)21-22-18(24)13(23)2/h5-6,9,13-14H,3-4,7-8,10-11H2,1-2H3. The van der Waals surface area contributed by atoms with Crippen LogP contribution in [0.25, 0.3) is 0 Å². The van der Waals surface area contributed by atoms with E-state index in [1.165, 1.54) is 25.0 Å². The van der Waals surface area contributed by atoms with Crippen LogP contribution < -0.4 is 0 Å². The van der Waals surface area contributed by atoms with Gasteiger partial charge in [-0.05, 0) is 56.4 Å². The number of carbonyl (C=O) groups is 1. The smallest absolute Gasteiger partial charge is 0.254 e. The average molecular weight is 358 g/mol. The number of hydrogen-bond acceptors (Lipinski definition) is 4. The van der Waals surface area contributed by atoms with Crippen LogP contribution in [-0.4, -0.2) is 38.7 Å². The molecule has 1 amide bonds. The van der Waals surface area contributed by atoms with Gasteiger partial charge in [0.25, 0.3) is 5.91 Å². The molecule has 1 aliphatic heterocycles. The summed E-state index contributed by atoms with van der Waals surface area (Å²) in [5.74, 6) is 1.87. The molecule has 6 nitrogen and oxygen atoms in total. The molecule has 0 spiro atoms. The first-order chi connectivity index (χ1) is 12.5. The molecule has 0 saturated heterocycles. The second-order valence-corrected chi connectivity index (χ2v) is 7.22. The molecule has 1 aromatic carbocycles. The van der Waals surface area contributed by atoms with Gasteiger partial charge in [-0.15, -0.1) is 10.2 Å².